The Kier molecular flexibility index (Phi) is 6.17. The Balaban J connectivity index is 2.58. The zero-order valence-electron chi connectivity index (χ0n) is 15.8. The summed E-state index contributed by atoms with van der Waals surface area (Å²) < 4.78 is 6.79. The lowest BCUT2D eigenvalue weighted by atomic mass is 10.1. The molecule has 26 heavy (non-hydrogen) atoms. The maximum Gasteiger partial charge on any atom is 0.348 e. The van der Waals surface area contributed by atoms with Gasteiger partial charge in [0.05, 0.1) is 12.0 Å². The summed E-state index contributed by atoms with van der Waals surface area (Å²) in [6, 6.07) is 0. The topological polar surface area (TPSA) is 104 Å². The second kappa shape index (κ2) is 7.99. The zero-order chi connectivity index (χ0) is 19.6. The van der Waals surface area contributed by atoms with E-state index in [1.54, 1.807) is 6.92 Å². The van der Waals surface area contributed by atoms with E-state index in [2.05, 4.69) is 4.98 Å². The van der Waals surface area contributed by atoms with Crippen molar-refractivity contribution in [1.29, 1.82) is 0 Å². The van der Waals surface area contributed by atoms with Crippen LogP contribution in [-0.2, 0) is 16.1 Å². The Labute approximate surface area is 156 Å². The van der Waals surface area contributed by atoms with Gasteiger partial charge in [0.25, 0.3) is 5.56 Å². The van der Waals surface area contributed by atoms with Crippen molar-refractivity contribution in [2.75, 3.05) is 6.61 Å². The lowest BCUT2D eigenvalue weighted by Crippen LogP contribution is -2.28. The van der Waals surface area contributed by atoms with E-state index in [1.807, 2.05) is 27.7 Å². The van der Waals surface area contributed by atoms with Gasteiger partial charge in [0.1, 0.15) is 15.5 Å². The minimum atomic E-state index is -0.480. The lowest BCUT2D eigenvalue weighted by Gasteiger charge is -2.14. The predicted molar refractivity (Wildman–Crippen MR) is 102 cm³/mol. The van der Waals surface area contributed by atoms with E-state index in [0.717, 1.165) is 0 Å². The molecule has 1 amide bonds. The molecule has 0 unspecified atom stereocenters. The number of rotatable bonds is 7. The maximum atomic E-state index is 13.0. The van der Waals surface area contributed by atoms with Crippen LogP contribution >= 0.6 is 11.3 Å². The van der Waals surface area contributed by atoms with Crippen LogP contribution in [0.1, 0.15) is 61.1 Å². The van der Waals surface area contributed by atoms with Crippen LogP contribution in [0.3, 0.4) is 0 Å². The lowest BCUT2D eigenvalue weighted by molar-refractivity contribution is -0.118. The molecule has 2 heterocycles. The van der Waals surface area contributed by atoms with Crippen LogP contribution in [0.15, 0.2) is 4.79 Å². The van der Waals surface area contributed by atoms with E-state index < -0.39 is 11.9 Å². The van der Waals surface area contributed by atoms with Crippen molar-refractivity contribution in [3.63, 3.8) is 0 Å². The maximum absolute atomic E-state index is 13.0. The first-order valence-electron chi connectivity index (χ1n) is 8.62. The first-order valence-corrected chi connectivity index (χ1v) is 9.44. The molecule has 0 radical (unpaired) electrons. The van der Waals surface area contributed by atoms with Gasteiger partial charge in [-0.15, -0.1) is 11.3 Å². The number of esters is 1. The number of hydrogen-bond donors (Lipinski definition) is 1. The SMILES string of the molecule is Cc1c(C(=O)OCC(C)C)sc2nc(C(C)C)n(CCC(N)=O)c(=O)c12. The van der Waals surface area contributed by atoms with E-state index >= 15 is 0 Å². The molecule has 0 fully saturated rings. The first kappa shape index (κ1) is 20.1. The van der Waals surface area contributed by atoms with Crippen LogP contribution < -0.4 is 11.3 Å². The fourth-order valence-electron chi connectivity index (χ4n) is 2.61. The number of ether oxygens (including phenoxy) is 1. The summed E-state index contributed by atoms with van der Waals surface area (Å²) in [5, 5.41) is 0.403. The summed E-state index contributed by atoms with van der Waals surface area (Å²) in [5.41, 5.74) is 5.54. The van der Waals surface area contributed by atoms with E-state index in [0.29, 0.717) is 33.1 Å². The fourth-order valence-corrected chi connectivity index (χ4v) is 3.69. The Hall–Kier alpha value is -2.22. The first-order chi connectivity index (χ1) is 12.1. The van der Waals surface area contributed by atoms with Crippen molar-refractivity contribution in [2.45, 2.75) is 53.5 Å². The van der Waals surface area contributed by atoms with Gasteiger partial charge in [-0.2, -0.15) is 0 Å². The molecule has 0 aliphatic rings. The van der Waals surface area contributed by atoms with Crippen LogP contribution in [0.4, 0.5) is 0 Å². The number of primary amides is 1. The number of amides is 1. The smallest absolute Gasteiger partial charge is 0.348 e. The molecule has 0 spiro atoms. The highest BCUT2D eigenvalue weighted by atomic mass is 32.1. The summed E-state index contributed by atoms with van der Waals surface area (Å²) in [7, 11) is 0. The van der Waals surface area contributed by atoms with Gasteiger partial charge in [-0.1, -0.05) is 27.7 Å². The third-order valence-electron chi connectivity index (χ3n) is 3.91. The van der Waals surface area contributed by atoms with E-state index in [-0.39, 0.29) is 30.4 Å². The minimum Gasteiger partial charge on any atom is -0.461 e. The molecular formula is C18H25N3O4S. The number of carbonyl (C=O) groups excluding carboxylic acids is 2. The minimum absolute atomic E-state index is 0.0151. The fraction of sp³-hybridized carbons (Fsp3) is 0.556. The van der Waals surface area contributed by atoms with Crippen molar-refractivity contribution in [1.82, 2.24) is 9.55 Å². The quantitative estimate of drug-likeness (QED) is 0.745. The third kappa shape index (κ3) is 4.12. The molecule has 0 saturated heterocycles. The van der Waals surface area contributed by atoms with Crippen molar-refractivity contribution >= 4 is 33.4 Å². The van der Waals surface area contributed by atoms with Crippen molar-refractivity contribution in [2.24, 2.45) is 11.7 Å². The predicted octanol–water partition coefficient (Wildman–Crippen LogP) is 2.58. The summed E-state index contributed by atoms with van der Waals surface area (Å²) in [5.74, 6) is -0.128. The highest BCUT2D eigenvalue weighted by molar-refractivity contribution is 7.20. The molecule has 8 heteroatoms. The van der Waals surface area contributed by atoms with Gasteiger partial charge >= 0.3 is 5.97 Å². The number of aryl methyl sites for hydroxylation is 1. The Morgan fingerprint density at radius 2 is 1.92 bits per heavy atom. The van der Waals surface area contributed by atoms with Crippen molar-refractivity contribution < 1.29 is 14.3 Å². The monoisotopic (exact) mass is 379 g/mol. The molecule has 0 aliphatic heterocycles. The zero-order valence-corrected chi connectivity index (χ0v) is 16.6. The van der Waals surface area contributed by atoms with Crippen LogP contribution in [0, 0.1) is 12.8 Å². The van der Waals surface area contributed by atoms with E-state index in [9.17, 15) is 14.4 Å². The Morgan fingerprint density at radius 1 is 1.27 bits per heavy atom. The number of hydrogen-bond acceptors (Lipinski definition) is 6. The molecule has 0 saturated carbocycles. The molecule has 0 bridgehead atoms. The summed E-state index contributed by atoms with van der Waals surface area (Å²) in [6.45, 7) is 9.98. The molecule has 2 rings (SSSR count). The molecular weight excluding hydrogens is 354 g/mol. The second-order valence-electron chi connectivity index (χ2n) is 7.03. The number of nitrogens with two attached hydrogens (primary N) is 1. The average molecular weight is 379 g/mol. The molecule has 142 valence electrons. The summed E-state index contributed by atoms with van der Waals surface area (Å²) in [6.07, 6.45) is 0.0548. The van der Waals surface area contributed by atoms with Gasteiger partial charge in [0, 0.05) is 18.9 Å². The largest absolute Gasteiger partial charge is 0.461 e. The third-order valence-corrected chi connectivity index (χ3v) is 5.08. The van der Waals surface area contributed by atoms with E-state index in [1.165, 1.54) is 15.9 Å². The highest BCUT2D eigenvalue weighted by Crippen LogP contribution is 2.29. The number of fused-ring (bicyclic) bond motifs is 1. The van der Waals surface area contributed by atoms with Gasteiger partial charge in [-0.25, -0.2) is 9.78 Å². The number of nitrogens with zero attached hydrogens (tertiary/aromatic N) is 2. The normalized spacial score (nSPS) is 11.5. The van der Waals surface area contributed by atoms with Crippen molar-refractivity contribution in [3.05, 3.63) is 26.6 Å². The number of carbonyl (C=O) groups is 2. The standard InChI is InChI=1S/C18H25N3O4S/c1-9(2)8-25-18(24)14-11(5)13-16(26-14)20-15(10(3)4)21(17(13)23)7-6-12(19)22/h9-10H,6-8H2,1-5H3,(H2,19,22). The van der Waals surface area contributed by atoms with Crippen LogP contribution in [0.5, 0.6) is 0 Å². The number of thiophene rings is 1. The second-order valence-corrected chi connectivity index (χ2v) is 8.03. The van der Waals surface area contributed by atoms with Gasteiger partial charge in [-0.3, -0.25) is 14.2 Å². The van der Waals surface area contributed by atoms with Gasteiger partial charge in [0.15, 0.2) is 0 Å². The van der Waals surface area contributed by atoms with Crippen LogP contribution in [0.2, 0.25) is 0 Å². The Morgan fingerprint density at radius 3 is 2.46 bits per heavy atom. The van der Waals surface area contributed by atoms with Gasteiger partial charge in [0.2, 0.25) is 5.91 Å². The van der Waals surface area contributed by atoms with Crippen LogP contribution in [0.25, 0.3) is 10.2 Å². The molecule has 2 aromatic heterocycles. The van der Waals surface area contributed by atoms with E-state index in [4.69, 9.17) is 10.5 Å². The van der Waals surface area contributed by atoms with Gasteiger partial charge < -0.3 is 10.5 Å². The molecule has 0 atom stereocenters. The molecule has 0 aliphatic carbocycles. The van der Waals surface area contributed by atoms with Crippen molar-refractivity contribution in [3.8, 4) is 0 Å². The average Bonchev–Trinajstić information content (AvgIpc) is 2.88. The molecule has 0 aromatic carbocycles. The Bertz CT molecular complexity index is 896. The summed E-state index contributed by atoms with van der Waals surface area (Å²) in [4.78, 5) is 42.0. The molecule has 2 N–H and O–H groups in total. The summed E-state index contributed by atoms with van der Waals surface area (Å²) >= 11 is 1.17. The molecule has 2 aromatic rings. The highest BCUT2D eigenvalue weighted by Gasteiger charge is 2.23. The molecule has 7 nitrogen and oxygen atoms in total. The van der Waals surface area contributed by atoms with Gasteiger partial charge in [-0.05, 0) is 18.4 Å². The van der Waals surface area contributed by atoms with Crippen LogP contribution in [-0.4, -0.2) is 28.0 Å². The number of aromatic nitrogens is 2.